The summed E-state index contributed by atoms with van der Waals surface area (Å²) in [5.41, 5.74) is 2.79. The van der Waals surface area contributed by atoms with E-state index in [2.05, 4.69) is 77.8 Å². The number of aromatic nitrogens is 1. The molecule has 2 aliphatic rings. The Morgan fingerprint density at radius 3 is 1.57 bits per heavy atom. The molecule has 5 aromatic rings. The highest BCUT2D eigenvalue weighted by molar-refractivity contribution is 8.46. The third-order valence-corrected chi connectivity index (χ3v) is 18.1. The predicted molar refractivity (Wildman–Crippen MR) is 224 cm³/mol. The Bertz CT molecular complexity index is 2200. The van der Waals surface area contributed by atoms with Gasteiger partial charge in [0.15, 0.2) is 0 Å². The normalized spacial score (nSPS) is 15.1. The van der Waals surface area contributed by atoms with Gasteiger partial charge in [-0.2, -0.15) is 0 Å². The van der Waals surface area contributed by atoms with E-state index in [1.165, 1.54) is 57.4 Å². The van der Waals surface area contributed by atoms with Crippen molar-refractivity contribution >= 4 is 136 Å². The largest absolute Gasteiger partial charge is 0.307 e. The van der Waals surface area contributed by atoms with E-state index in [1.54, 1.807) is 12.3 Å². The first-order valence-electron chi connectivity index (χ1n) is 14.4. The number of rotatable bonds is 7. The molecule has 0 atom stereocenters. The van der Waals surface area contributed by atoms with Crippen LogP contribution in [-0.2, 0) is 0 Å². The molecular weight excluding hydrogens is 733 g/mol. The lowest BCUT2D eigenvalue weighted by molar-refractivity contribution is 0.102. The van der Waals surface area contributed by atoms with Gasteiger partial charge in [-0.25, -0.2) is 4.98 Å². The van der Waals surface area contributed by atoms with Crippen LogP contribution >= 0.6 is 94.1 Å². The Morgan fingerprint density at radius 2 is 1.06 bits per heavy atom. The van der Waals surface area contributed by atoms with Crippen LogP contribution in [-0.4, -0.2) is 35.9 Å². The maximum Gasteiger partial charge on any atom is 0.256 e. The topological polar surface area (TPSA) is 42.0 Å². The SMILES string of the molecule is CSC1=C(SC)SC(=c2c3ccccc3c(=C3SC(SC)=C(SC)S3)c3cc(-c4ccc(C(=O)Nc5ccccn5)cc4)ccc23)S1. The smallest absolute Gasteiger partial charge is 0.256 e. The quantitative estimate of drug-likeness (QED) is 0.162. The molecule has 0 bridgehead atoms. The van der Waals surface area contributed by atoms with Crippen molar-refractivity contribution < 1.29 is 4.79 Å². The average Bonchev–Trinajstić information content (AvgIpc) is 3.74. The van der Waals surface area contributed by atoms with Gasteiger partial charge in [0, 0.05) is 22.2 Å². The first kappa shape index (κ1) is 33.5. The third-order valence-electron chi connectivity index (χ3n) is 7.64. The zero-order chi connectivity index (χ0) is 32.5. The molecule has 0 spiro atoms. The van der Waals surface area contributed by atoms with Gasteiger partial charge >= 0.3 is 0 Å². The minimum Gasteiger partial charge on any atom is -0.307 e. The minimum atomic E-state index is -0.174. The molecule has 0 saturated carbocycles. The molecule has 3 nitrogen and oxygen atoms in total. The molecule has 0 aliphatic carbocycles. The van der Waals surface area contributed by atoms with Crippen molar-refractivity contribution in [2.75, 3.05) is 30.3 Å². The van der Waals surface area contributed by atoms with E-state index < -0.39 is 0 Å². The Labute approximate surface area is 308 Å². The molecule has 1 N–H and O–H groups in total. The van der Waals surface area contributed by atoms with E-state index in [-0.39, 0.29) is 5.91 Å². The van der Waals surface area contributed by atoms with E-state index >= 15 is 0 Å². The lowest BCUT2D eigenvalue weighted by Gasteiger charge is -2.13. The number of pyridine rings is 1. The van der Waals surface area contributed by atoms with Crippen LogP contribution in [0.3, 0.4) is 0 Å². The van der Waals surface area contributed by atoms with Crippen molar-refractivity contribution in [3.8, 4) is 11.1 Å². The summed E-state index contributed by atoms with van der Waals surface area (Å²) in [6.45, 7) is 0. The highest BCUT2D eigenvalue weighted by Gasteiger charge is 2.25. The van der Waals surface area contributed by atoms with Gasteiger partial charge in [0.1, 0.15) is 5.82 Å². The van der Waals surface area contributed by atoms with Gasteiger partial charge < -0.3 is 5.32 Å². The maximum atomic E-state index is 12.9. The first-order valence-corrected chi connectivity index (χ1v) is 22.6. The molecule has 47 heavy (non-hydrogen) atoms. The van der Waals surface area contributed by atoms with E-state index in [4.69, 9.17) is 0 Å². The van der Waals surface area contributed by atoms with Crippen LogP contribution in [0.5, 0.6) is 0 Å². The van der Waals surface area contributed by atoms with Gasteiger partial charge in [-0.1, -0.05) is 102 Å². The second kappa shape index (κ2) is 14.9. The summed E-state index contributed by atoms with van der Waals surface area (Å²) >= 11 is 14.9. The number of anilines is 1. The second-order valence-electron chi connectivity index (χ2n) is 10.3. The number of benzene rings is 4. The number of nitrogens with one attached hydrogen (secondary N) is 1. The van der Waals surface area contributed by atoms with Crippen LogP contribution in [0.15, 0.2) is 108 Å². The fraction of sp³-hybridized carbons (Fsp3) is 0.111. The number of hydrogen-bond donors (Lipinski definition) is 1. The number of thioether (sulfide) groups is 8. The summed E-state index contributed by atoms with van der Waals surface area (Å²) in [6.07, 6.45) is 10.4. The van der Waals surface area contributed by atoms with Gasteiger partial charge in [0.25, 0.3) is 5.91 Å². The van der Waals surface area contributed by atoms with Gasteiger partial charge in [0.2, 0.25) is 0 Å². The standard InChI is InChI=1S/C36H28N2OS8/c1-40-33-34(41-2)45-31(44-33)28-23-9-5-6-10-24(23)29(32-46-35(42-3)36(43-4)47-32)26-19-22(16-17-25(26)28)20-12-14-21(15-13-20)30(39)38-27-11-7-8-18-37-27/h5-19H,1-4H3,(H,37,38,39). The zero-order valence-electron chi connectivity index (χ0n) is 25.8. The van der Waals surface area contributed by atoms with Crippen LogP contribution in [0.25, 0.3) is 41.1 Å². The van der Waals surface area contributed by atoms with E-state index in [0.717, 1.165) is 11.1 Å². The van der Waals surface area contributed by atoms with Crippen LogP contribution in [0, 0.1) is 0 Å². The number of fused-ring (bicyclic) bond motifs is 2. The van der Waals surface area contributed by atoms with Crippen LogP contribution in [0.1, 0.15) is 10.4 Å². The summed E-state index contributed by atoms with van der Waals surface area (Å²) in [6, 6.07) is 29.2. The maximum absolute atomic E-state index is 12.9. The van der Waals surface area contributed by atoms with Crippen molar-refractivity contribution in [1.82, 2.24) is 4.98 Å². The fourth-order valence-electron chi connectivity index (χ4n) is 5.49. The van der Waals surface area contributed by atoms with Gasteiger partial charge in [-0.3, -0.25) is 4.79 Å². The Hall–Kier alpha value is -1.96. The van der Waals surface area contributed by atoms with Crippen molar-refractivity contribution in [2.45, 2.75) is 0 Å². The van der Waals surface area contributed by atoms with Crippen molar-refractivity contribution in [2.24, 2.45) is 0 Å². The molecule has 2 aliphatic heterocycles. The average molecular weight is 761 g/mol. The molecule has 0 unspecified atom stereocenters. The number of amides is 1. The third kappa shape index (κ3) is 6.67. The van der Waals surface area contributed by atoms with Crippen LogP contribution in [0.4, 0.5) is 5.82 Å². The summed E-state index contributed by atoms with van der Waals surface area (Å²) < 4.78 is 8.14. The molecule has 236 valence electrons. The van der Waals surface area contributed by atoms with Crippen molar-refractivity contribution in [1.29, 1.82) is 0 Å². The Morgan fingerprint density at radius 1 is 0.574 bits per heavy atom. The van der Waals surface area contributed by atoms with Crippen molar-refractivity contribution in [3.05, 3.63) is 124 Å². The fourth-order valence-corrected chi connectivity index (χ4v) is 15.7. The summed E-state index contributed by atoms with van der Waals surface area (Å²) in [7, 11) is 0. The minimum absolute atomic E-state index is 0.174. The molecule has 1 aromatic heterocycles. The molecule has 11 heteroatoms. The van der Waals surface area contributed by atoms with Crippen LogP contribution < -0.4 is 15.8 Å². The Balaban J connectivity index is 1.43. The monoisotopic (exact) mass is 760 g/mol. The van der Waals surface area contributed by atoms with E-state index in [9.17, 15) is 4.79 Å². The second-order valence-corrected chi connectivity index (χ2v) is 19.2. The predicted octanol–water partition coefficient (Wildman–Crippen LogP) is 11.1. The van der Waals surface area contributed by atoms with E-state index in [0.29, 0.717) is 11.4 Å². The van der Waals surface area contributed by atoms with Gasteiger partial charge in [-0.15, -0.1) is 47.0 Å². The van der Waals surface area contributed by atoms with Crippen LogP contribution in [0.2, 0.25) is 0 Å². The molecule has 7 rings (SSSR count). The zero-order valence-corrected chi connectivity index (χ0v) is 32.3. The molecule has 0 fully saturated rings. The highest BCUT2D eigenvalue weighted by atomic mass is 32.3. The molecule has 0 radical (unpaired) electrons. The first-order chi connectivity index (χ1) is 23.0. The van der Waals surface area contributed by atoms with Gasteiger partial charge in [-0.05, 0) is 88.0 Å². The number of carbonyl (C=O) groups excluding carboxylic acids is 1. The molecule has 4 aromatic carbocycles. The van der Waals surface area contributed by atoms with Crippen molar-refractivity contribution in [3.63, 3.8) is 0 Å². The molecule has 3 heterocycles. The number of carbonyl (C=O) groups is 1. The number of nitrogens with zero attached hydrogens (tertiary/aromatic N) is 1. The lowest BCUT2D eigenvalue weighted by atomic mass is 9.95. The summed E-state index contributed by atoms with van der Waals surface area (Å²) in [5.74, 6) is 0.364. The summed E-state index contributed by atoms with van der Waals surface area (Å²) in [4.78, 5) is 17.2. The molecule has 1 amide bonds. The number of hydrogen-bond acceptors (Lipinski definition) is 10. The molecule has 0 saturated heterocycles. The van der Waals surface area contributed by atoms with Gasteiger partial charge in [0.05, 0.1) is 25.4 Å². The van der Waals surface area contributed by atoms with E-state index in [1.807, 2.05) is 130 Å². The lowest BCUT2D eigenvalue weighted by Crippen LogP contribution is -2.17. The molecular formula is C36H28N2OS8. The highest BCUT2D eigenvalue weighted by Crippen LogP contribution is 2.58. The Kier molecular flexibility index (Phi) is 10.6. The summed E-state index contributed by atoms with van der Waals surface area (Å²) in [5, 5.41) is 10.6.